The van der Waals surface area contributed by atoms with Crippen LogP contribution >= 0.6 is 0 Å². The number of aromatic nitrogens is 2. The largest absolute Gasteiger partial charge is 0.486 e. The number of nitrogens with zero attached hydrogens (tertiary/aromatic N) is 1. The molecule has 3 rings (SSSR count). The molecule has 1 aromatic heterocycles. The topological polar surface area (TPSA) is 75.2 Å². The van der Waals surface area contributed by atoms with E-state index >= 15 is 0 Å². The molecule has 0 saturated heterocycles. The van der Waals surface area contributed by atoms with Gasteiger partial charge >= 0.3 is 5.97 Å². The lowest BCUT2D eigenvalue weighted by Crippen LogP contribution is -2.06. The second-order valence-corrected chi connectivity index (χ2v) is 7.41. The van der Waals surface area contributed by atoms with Gasteiger partial charge in [0.1, 0.15) is 11.9 Å². The lowest BCUT2D eigenvalue weighted by Gasteiger charge is -2.16. The number of carboxylic acids is 1. The summed E-state index contributed by atoms with van der Waals surface area (Å²) < 4.78 is 6.15. The van der Waals surface area contributed by atoms with E-state index in [1.165, 1.54) is 0 Å². The van der Waals surface area contributed by atoms with Gasteiger partial charge in [0.25, 0.3) is 0 Å². The maximum absolute atomic E-state index is 11.1. The molecule has 0 aliphatic carbocycles. The number of H-pyrrole nitrogens is 1. The van der Waals surface area contributed by atoms with E-state index in [0.717, 1.165) is 33.5 Å². The molecular weight excluding hydrogens is 364 g/mol. The first-order chi connectivity index (χ1) is 13.9. The number of nitrogens with one attached hydrogen (secondary N) is 1. The van der Waals surface area contributed by atoms with Crippen LogP contribution in [0.5, 0.6) is 5.75 Å². The highest BCUT2D eigenvalue weighted by atomic mass is 16.5. The number of carbonyl (C=O) groups is 1. The Morgan fingerprint density at radius 1 is 1.17 bits per heavy atom. The van der Waals surface area contributed by atoms with Crippen molar-refractivity contribution in [1.29, 1.82) is 0 Å². The van der Waals surface area contributed by atoms with Crippen molar-refractivity contribution in [2.75, 3.05) is 0 Å². The Morgan fingerprint density at radius 2 is 1.90 bits per heavy atom. The van der Waals surface area contributed by atoms with Crippen LogP contribution in [0.3, 0.4) is 0 Å². The molecule has 0 radical (unpaired) electrons. The van der Waals surface area contributed by atoms with Crippen molar-refractivity contribution < 1.29 is 14.6 Å². The summed E-state index contributed by atoms with van der Waals surface area (Å²) >= 11 is 0. The molecule has 5 heteroatoms. The van der Waals surface area contributed by atoms with Crippen LogP contribution in [0, 0.1) is 11.8 Å². The van der Waals surface area contributed by atoms with Gasteiger partial charge in [-0.25, -0.2) is 0 Å². The third kappa shape index (κ3) is 4.60. The Morgan fingerprint density at radius 3 is 2.52 bits per heavy atom. The van der Waals surface area contributed by atoms with E-state index in [4.69, 9.17) is 9.84 Å². The number of hydrogen-bond acceptors (Lipinski definition) is 3. The van der Waals surface area contributed by atoms with Crippen LogP contribution in [0.25, 0.3) is 10.9 Å². The van der Waals surface area contributed by atoms with Crippen molar-refractivity contribution in [3.8, 4) is 17.6 Å². The van der Waals surface area contributed by atoms with E-state index in [1.807, 2.05) is 43.3 Å². The normalized spacial score (nSPS) is 13.0. The van der Waals surface area contributed by atoms with Crippen molar-refractivity contribution in [1.82, 2.24) is 10.2 Å². The average molecular weight is 390 g/mol. The Balaban J connectivity index is 1.80. The summed E-state index contributed by atoms with van der Waals surface area (Å²) in [5.74, 6) is 5.68. The first-order valence-corrected chi connectivity index (χ1v) is 9.78. The van der Waals surface area contributed by atoms with Gasteiger partial charge in [0, 0.05) is 16.6 Å². The standard InChI is InChI=1S/C24H26N2O3/c1-5-7-18(14-22(27)28)17-10-12-19(13-11-17)29-16(4)20-8-6-9-21-23(15(2)3)25-26-24(20)21/h6,8-13,15-16,18H,14H2,1-4H3,(H,25,26)(H,27,28). The number of fused-ring (bicyclic) bond motifs is 1. The lowest BCUT2D eigenvalue weighted by atomic mass is 9.96. The molecule has 0 spiro atoms. The number of carboxylic acid groups (broad SMARTS) is 1. The second-order valence-electron chi connectivity index (χ2n) is 7.41. The Hall–Kier alpha value is -3.26. The third-order valence-electron chi connectivity index (χ3n) is 4.95. The molecule has 3 aromatic rings. The fourth-order valence-electron chi connectivity index (χ4n) is 3.50. The summed E-state index contributed by atoms with van der Waals surface area (Å²) in [4.78, 5) is 11.1. The minimum Gasteiger partial charge on any atom is -0.486 e. The van der Waals surface area contributed by atoms with Gasteiger partial charge in [0.15, 0.2) is 0 Å². The molecule has 0 bridgehead atoms. The first kappa shape index (κ1) is 20.5. The summed E-state index contributed by atoms with van der Waals surface area (Å²) in [6, 6.07) is 13.6. The van der Waals surface area contributed by atoms with E-state index in [0.29, 0.717) is 5.92 Å². The average Bonchev–Trinajstić information content (AvgIpc) is 3.12. The predicted octanol–water partition coefficient (Wildman–Crippen LogP) is 5.41. The molecule has 2 atom stereocenters. The van der Waals surface area contributed by atoms with Crippen LogP contribution < -0.4 is 4.74 Å². The Kier molecular flexibility index (Phi) is 6.23. The van der Waals surface area contributed by atoms with Crippen molar-refractivity contribution in [2.45, 2.75) is 52.1 Å². The highest BCUT2D eigenvalue weighted by molar-refractivity contribution is 5.85. The van der Waals surface area contributed by atoms with E-state index < -0.39 is 5.97 Å². The lowest BCUT2D eigenvalue weighted by molar-refractivity contribution is -0.137. The van der Waals surface area contributed by atoms with Crippen LogP contribution in [-0.4, -0.2) is 21.3 Å². The van der Waals surface area contributed by atoms with Gasteiger partial charge in [0.05, 0.1) is 17.9 Å². The molecule has 2 unspecified atom stereocenters. The maximum Gasteiger partial charge on any atom is 0.304 e. The molecule has 0 fully saturated rings. The van der Waals surface area contributed by atoms with E-state index in [9.17, 15) is 4.79 Å². The van der Waals surface area contributed by atoms with Crippen LogP contribution in [0.1, 0.15) is 68.9 Å². The third-order valence-corrected chi connectivity index (χ3v) is 4.95. The van der Waals surface area contributed by atoms with Gasteiger partial charge in [-0.15, -0.1) is 5.92 Å². The minimum atomic E-state index is -0.862. The number of aliphatic carboxylic acids is 1. The number of ether oxygens (including phenoxy) is 1. The van der Waals surface area contributed by atoms with Crippen molar-refractivity contribution in [3.63, 3.8) is 0 Å². The maximum atomic E-state index is 11.1. The summed E-state index contributed by atoms with van der Waals surface area (Å²) in [6.07, 6.45) is -0.199. The monoisotopic (exact) mass is 390 g/mol. The summed E-state index contributed by atoms with van der Waals surface area (Å²) in [5.41, 5.74) is 3.95. The van der Waals surface area contributed by atoms with Gasteiger partial charge in [-0.2, -0.15) is 5.10 Å². The molecule has 0 aliphatic rings. The number of hydrogen-bond donors (Lipinski definition) is 2. The van der Waals surface area contributed by atoms with Crippen LogP contribution in [0.4, 0.5) is 0 Å². The SMILES string of the molecule is CC#CC(CC(=O)O)c1ccc(OC(C)c2cccc3c(C(C)C)[nH]nc23)cc1. The molecule has 29 heavy (non-hydrogen) atoms. The molecule has 2 aromatic carbocycles. The second kappa shape index (κ2) is 8.83. The zero-order valence-corrected chi connectivity index (χ0v) is 17.2. The van der Waals surface area contributed by atoms with Crippen LogP contribution in [0.2, 0.25) is 0 Å². The van der Waals surface area contributed by atoms with E-state index in [-0.39, 0.29) is 18.4 Å². The number of benzene rings is 2. The molecule has 0 amide bonds. The fraction of sp³-hybridized carbons (Fsp3) is 0.333. The zero-order valence-electron chi connectivity index (χ0n) is 17.2. The molecule has 0 saturated carbocycles. The molecule has 2 N–H and O–H groups in total. The minimum absolute atomic E-state index is 0.0171. The molecular formula is C24H26N2O3. The molecule has 0 aliphatic heterocycles. The molecule has 1 heterocycles. The first-order valence-electron chi connectivity index (χ1n) is 9.78. The Labute approximate surface area is 171 Å². The van der Waals surface area contributed by atoms with Crippen LogP contribution in [0.15, 0.2) is 42.5 Å². The van der Waals surface area contributed by atoms with Gasteiger partial charge < -0.3 is 9.84 Å². The predicted molar refractivity (Wildman–Crippen MR) is 114 cm³/mol. The quantitative estimate of drug-likeness (QED) is 0.529. The molecule has 150 valence electrons. The van der Waals surface area contributed by atoms with E-state index in [1.54, 1.807) is 6.92 Å². The van der Waals surface area contributed by atoms with Gasteiger partial charge in [-0.1, -0.05) is 50.1 Å². The zero-order chi connectivity index (χ0) is 21.0. The van der Waals surface area contributed by atoms with Crippen molar-refractivity contribution >= 4 is 16.9 Å². The van der Waals surface area contributed by atoms with Crippen molar-refractivity contribution in [2.24, 2.45) is 0 Å². The summed E-state index contributed by atoms with van der Waals surface area (Å²) in [7, 11) is 0. The van der Waals surface area contributed by atoms with Gasteiger partial charge in [-0.05, 0) is 37.5 Å². The number of aromatic amines is 1. The fourth-order valence-corrected chi connectivity index (χ4v) is 3.50. The van der Waals surface area contributed by atoms with Crippen LogP contribution in [-0.2, 0) is 4.79 Å². The molecule has 5 nitrogen and oxygen atoms in total. The van der Waals surface area contributed by atoms with Crippen molar-refractivity contribution in [3.05, 3.63) is 59.3 Å². The summed E-state index contributed by atoms with van der Waals surface area (Å²) in [5, 5.41) is 17.9. The van der Waals surface area contributed by atoms with Gasteiger partial charge in [-0.3, -0.25) is 9.89 Å². The highest BCUT2D eigenvalue weighted by Crippen LogP contribution is 2.31. The van der Waals surface area contributed by atoms with Gasteiger partial charge in [0.2, 0.25) is 0 Å². The highest BCUT2D eigenvalue weighted by Gasteiger charge is 2.17. The smallest absolute Gasteiger partial charge is 0.304 e. The number of para-hydroxylation sites is 1. The summed E-state index contributed by atoms with van der Waals surface area (Å²) in [6.45, 7) is 8.00. The number of rotatable bonds is 7. The van der Waals surface area contributed by atoms with E-state index in [2.05, 4.69) is 42.0 Å². The Bertz CT molecular complexity index is 1060.